The van der Waals surface area contributed by atoms with Crippen molar-refractivity contribution in [3.8, 4) is 11.5 Å². The molecule has 1 N–H and O–H groups in total. The molecular weight excluding hydrogens is 494 g/mol. The number of alkyl halides is 1. The van der Waals surface area contributed by atoms with Gasteiger partial charge in [-0.05, 0) is 60.2 Å². The van der Waals surface area contributed by atoms with E-state index in [-0.39, 0.29) is 23.7 Å². The van der Waals surface area contributed by atoms with E-state index >= 15 is 0 Å². The van der Waals surface area contributed by atoms with E-state index in [2.05, 4.69) is 19.2 Å². The molecule has 190 valence electrons. The number of nitrogens with zero attached hydrogens (tertiary/aromatic N) is 2. The highest BCUT2D eigenvalue weighted by Crippen LogP contribution is 2.36. The molecule has 6 nitrogen and oxygen atoms in total. The largest absolute Gasteiger partial charge is 0.457 e. The summed E-state index contributed by atoms with van der Waals surface area (Å²) in [5, 5.41) is 5.43. The van der Waals surface area contributed by atoms with Crippen LogP contribution in [0.5, 0.6) is 11.5 Å². The van der Waals surface area contributed by atoms with Crippen molar-refractivity contribution < 1.29 is 14.3 Å². The maximum absolute atomic E-state index is 14.1. The minimum atomic E-state index is -0.790. The monoisotopic (exact) mass is 525 g/mol. The molecule has 2 atom stereocenters. The van der Waals surface area contributed by atoms with Crippen LogP contribution in [-0.2, 0) is 9.59 Å². The molecule has 2 heterocycles. The number of rotatable bonds is 8. The molecule has 0 unspecified atom stereocenters. The number of amides is 2. The zero-order valence-electron chi connectivity index (χ0n) is 20.8. The van der Waals surface area contributed by atoms with Crippen LogP contribution in [0.1, 0.15) is 30.3 Å². The van der Waals surface area contributed by atoms with E-state index in [9.17, 15) is 9.59 Å². The fourth-order valence-electron chi connectivity index (χ4n) is 4.47. The van der Waals surface area contributed by atoms with Crippen LogP contribution in [0.2, 0.25) is 0 Å². The third kappa shape index (κ3) is 5.91. The number of anilines is 1. The second-order valence-corrected chi connectivity index (χ2v) is 10.5. The molecule has 1 aromatic heterocycles. The number of carbonyl (C=O) groups excluding carboxylic acids is 2. The number of piperazine rings is 1. The van der Waals surface area contributed by atoms with Gasteiger partial charge in [-0.3, -0.25) is 14.5 Å². The summed E-state index contributed by atoms with van der Waals surface area (Å²) in [7, 11) is 0. The number of ether oxygens (including phenoxy) is 1. The van der Waals surface area contributed by atoms with Gasteiger partial charge in [0, 0.05) is 36.2 Å². The number of para-hydroxylation sites is 1. The predicted molar refractivity (Wildman–Crippen MR) is 146 cm³/mol. The standard InChI is InChI=1S/C28H32ClN3O3S/c1-19(2)23-18-31(14-13-30-23)28(34)27(25-10-7-15-36-25)32(26(33)17-29)24-12-11-22(16-20(24)3)35-21-8-5-4-6-9-21/h4-12,15-16,19,23,27,30H,13-14,17-18H2,1-3H3/t23-,27-/m1/s1. The molecule has 1 fully saturated rings. The van der Waals surface area contributed by atoms with Crippen molar-refractivity contribution in [3.05, 3.63) is 76.5 Å². The molecule has 0 aliphatic carbocycles. The van der Waals surface area contributed by atoms with Gasteiger partial charge in [0.2, 0.25) is 5.91 Å². The zero-order valence-corrected chi connectivity index (χ0v) is 22.4. The van der Waals surface area contributed by atoms with Crippen LogP contribution >= 0.6 is 22.9 Å². The van der Waals surface area contributed by atoms with Gasteiger partial charge in [0.25, 0.3) is 5.91 Å². The normalized spacial score (nSPS) is 16.6. The van der Waals surface area contributed by atoms with Crippen LogP contribution in [0.25, 0.3) is 0 Å². The number of aryl methyl sites for hydroxylation is 1. The maximum Gasteiger partial charge on any atom is 0.251 e. The summed E-state index contributed by atoms with van der Waals surface area (Å²) < 4.78 is 5.98. The summed E-state index contributed by atoms with van der Waals surface area (Å²) in [6, 6.07) is 18.3. The van der Waals surface area contributed by atoms with Gasteiger partial charge in [-0.25, -0.2) is 0 Å². The van der Waals surface area contributed by atoms with Crippen molar-refractivity contribution in [2.24, 2.45) is 5.92 Å². The highest BCUT2D eigenvalue weighted by Gasteiger charge is 2.38. The Kier molecular flexibility index (Phi) is 8.67. The summed E-state index contributed by atoms with van der Waals surface area (Å²) in [6.45, 7) is 8.12. The second-order valence-electron chi connectivity index (χ2n) is 9.27. The van der Waals surface area contributed by atoms with Crippen LogP contribution in [0.15, 0.2) is 66.0 Å². The van der Waals surface area contributed by atoms with Crippen molar-refractivity contribution in [2.75, 3.05) is 30.4 Å². The summed E-state index contributed by atoms with van der Waals surface area (Å²) in [5.74, 6) is 1.13. The average Bonchev–Trinajstić information content (AvgIpc) is 3.42. The molecule has 2 aromatic carbocycles. The van der Waals surface area contributed by atoms with Gasteiger partial charge in [-0.15, -0.1) is 22.9 Å². The summed E-state index contributed by atoms with van der Waals surface area (Å²) >= 11 is 7.57. The van der Waals surface area contributed by atoms with Gasteiger partial charge in [0.15, 0.2) is 0 Å². The van der Waals surface area contributed by atoms with Crippen molar-refractivity contribution in [2.45, 2.75) is 32.9 Å². The number of nitrogens with one attached hydrogen (secondary N) is 1. The first-order chi connectivity index (χ1) is 17.4. The topological polar surface area (TPSA) is 61.9 Å². The van der Waals surface area contributed by atoms with Crippen LogP contribution < -0.4 is 15.0 Å². The quantitative estimate of drug-likeness (QED) is 0.388. The lowest BCUT2D eigenvalue weighted by Gasteiger charge is -2.40. The molecule has 0 radical (unpaired) electrons. The van der Waals surface area contributed by atoms with Crippen LogP contribution in [0, 0.1) is 12.8 Å². The van der Waals surface area contributed by atoms with Crippen LogP contribution in [0.4, 0.5) is 5.69 Å². The molecule has 36 heavy (non-hydrogen) atoms. The van der Waals surface area contributed by atoms with E-state index in [0.717, 1.165) is 22.7 Å². The zero-order chi connectivity index (χ0) is 25.7. The Labute approximate surface area is 221 Å². The molecule has 1 aliphatic rings. The van der Waals surface area contributed by atoms with Crippen LogP contribution in [-0.4, -0.2) is 48.3 Å². The number of benzene rings is 2. The Morgan fingerprint density at radius 1 is 1.14 bits per heavy atom. The maximum atomic E-state index is 14.1. The molecule has 4 rings (SSSR count). The fourth-order valence-corrected chi connectivity index (χ4v) is 5.41. The second kappa shape index (κ2) is 11.9. The lowest BCUT2D eigenvalue weighted by molar-refractivity contribution is -0.135. The van der Waals surface area contributed by atoms with E-state index in [1.807, 2.05) is 77.9 Å². The average molecular weight is 526 g/mol. The molecule has 8 heteroatoms. The number of thiophene rings is 1. The first-order valence-electron chi connectivity index (χ1n) is 12.2. The molecule has 3 aromatic rings. The molecule has 1 saturated heterocycles. The van der Waals surface area contributed by atoms with Crippen molar-refractivity contribution in [3.63, 3.8) is 0 Å². The van der Waals surface area contributed by atoms with Crippen LogP contribution in [0.3, 0.4) is 0 Å². The van der Waals surface area contributed by atoms with Crippen molar-refractivity contribution in [1.82, 2.24) is 10.2 Å². The Morgan fingerprint density at radius 2 is 1.92 bits per heavy atom. The van der Waals surface area contributed by atoms with E-state index in [0.29, 0.717) is 30.4 Å². The molecule has 1 aliphatic heterocycles. The van der Waals surface area contributed by atoms with Gasteiger partial charge in [-0.1, -0.05) is 38.1 Å². The molecule has 0 saturated carbocycles. The lowest BCUT2D eigenvalue weighted by atomic mass is 10.0. The minimum Gasteiger partial charge on any atom is -0.457 e. The van der Waals surface area contributed by atoms with Gasteiger partial charge >= 0.3 is 0 Å². The van der Waals surface area contributed by atoms with Gasteiger partial charge in [0.05, 0.1) is 0 Å². The van der Waals surface area contributed by atoms with Gasteiger partial charge in [0.1, 0.15) is 23.4 Å². The Morgan fingerprint density at radius 3 is 2.56 bits per heavy atom. The van der Waals surface area contributed by atoms with Crippen molar-refractivity contribution in [1.29, 1.82) is 0 Å². The van der Waals surface area contributed by atoms with E-state index < -0.39 is 6.04 Å². The van der Waals surface area contributed by atoms with E-state index in [1.165, 1.54) is 11.3 Å². The SMILES string of the molecule is Cc1cc(Oc2ccccc2)ccc1N(C(=O)CCl)[C@@H](C(=O)N1CCN[C@@H](C(C)C)C1)c1cccs1. The van der Waals surface area contributed by atoms with Crippen molar-refractivity contribution >= 4 is 40.4 Å². The predicted octanol–water partition coefficient (Wildman–Crippen LogP) is 5.62. The highest BCUT2D eigenvalue weighted by atomic mass is 35.5. The van der Waals surface area contributed by atoms with E-state index in [1.54, 1.807) is 4.90 Å². The summed E-state index contributed by atoms with van der Waals surface area (Å²) in [6.07, 6.45) is 0. The third-order valence-electron chi connectivity index (χ3n) is 6.42. The summed E-state index contributed by atoms with van der Waals surface area (Å²) in [5.41, 5.74) is 1.46. The van der Waals surface area contributed by atoms with Gasteiger partial charge in [-0.2, -0.15) is 0 Å². The lowest BCUT2D eigenvalue weighted by Crippen LogP contribution is -2.57. The smallest absolute Gasteiger partial charge is 0.251 e. The fraction of sp³-hybridized carbons (Fsp3) is 0.357. The first-order valence-corrected chi connectivity index (χ1v) is 13.6. The Balaban J connectivity index is 1.70. The Hall–Kier alpha value is -2.87. The molecule has 0 bridgehead atoms. The number of hydrogen-bond acceptors (Lipinski definition) is 5. The summed E-state index contributed by atoms with van der Waals surface area (Å²) in [4.78, 5) is 31.6. The highest BCUT2D eigenvalue weighted by molar-refractivity contribution is 7.10. The Bertz CT molecular complexity index is 1170. The molecular formula is C28H32ClN3O3S. The van der Waals surface area contributed by atoms with E-state index in [4.69, 9.17) is 16.3 Å². The number of carbonyl (C=O) groups is 2. The third-order valence-corrected chi connectivity index (χ3v) is 7.57. The molecule has 0 spiro atoms. The number of halogens is 1. The van der Waals surface area contributed by atoms with Gasteiger partial charge < -0.3 is 15.0 Å². The molecule has 2 amide bonds. The number of hydrogen-bond donors (Lipinski definition) is 1. The minimum absolute atomic E-state index is 0.0907. The first kappa shape index (κ1) is 26.2.